The lowest BCUT2D eigenvalue weighted by molar-refractivity contribution is -0.131. The van der Waals surface area contributed by atoms with Gasteiger partial charge >= 0.3 is 0 Å². The lowest BCUT2D eigenvalue weighted by Crippen LogP contribution is -2.16. The summed E-state index contributed by atoms with van der Waals surface area (Å²) >= 11 is 28.7. The van der Waals surface area contributed by atoms with Crippen LogP contribution in [-0.4, -0.2) is 15.7 Å². The fourth-order valence-electron chi connectivity index (χ4n) is 5.13. The van der Waals surface area contributed by atoms with Crippen LogP contribution in [0.25, 0.3) is 21.5 Å². The maximum atomic E-state index is 10.4. The van der Waals surface area contributed by atoms with Crippen LogP contribution in [0.1, 0.15) is 35.1 Å². The van der Waals surface area contributed by atoms with E-state index < -0.39 is 0 Å². The first-order valence-corrected chi connectivity index (χ1v) is 42.1. The molecule has 1 saturated heterocycles. The second kappa shape index (κ2) is 31.4. The Morgan fingerprint density at radius 1 is 0.418 bits per heavy atom. The van der Waals surface area contributed by atoms with E-state index in [1.165, 1.54) is 114 Å². The molecule has 1 heterocycles. The summed E-state index contributed by atoms with van der Waals surface area (Å²) in [5, 5.41) is 5.70. The van der Waals surface area contributed by atoms with E-state index in [1.54, 1.807) is 115 Å². The Morgan fingerprint density at radius 2 is 0.745 bits per heavy atom. The van der Waals surface area contributed by atoms with Crippen molar-refractivity contribution in [3.8, 4) is 0 Å². The second-order valence-corrected chi connectivity index (χ2v) is 42.3. The van der Waals surface area contributed by atoms with Gasteiger partial charge in [0.05, 0.1) is 16.1 Å². The number of carbonyl (C=O) groups is 2. The van der Waals surface area contributed by atoms with Crippen molar-refractivity contribution in [1.82, 2.24) is 3.93 Å². The number of imide groups is 1. The van der Waals surface area contributed by atoms with E-state index in [4.69, 9.17) is 0 Å². The first kappa shape index (κ1) is 51.9. The molecule has 0 radical (unpaired) electrons. The topological polar surface area (TPSA) is 37.4 Å². The molecule has 1 aliphatic heterocycles. The van der Waals surface area contributed by atoms with Gasteiger partial charge in [-0.2, -0.15) is 0 Å². The molecule has 3 nitrogen and oxygen atoms in total. The third-order valence-electron chi connectivity index (χ3n) is 7.04. The third kappa shape index (κ3) is 18.9. The highest BCUT2D eigenvalue weighted by atomic mass is 79.9. The fourth-order valence-corrected chi connectivity index (χ4v) is 42.5. The summed E-state index contributed by atoms with van der Waals surface area (Å²) in [6, 6.07) is 22.0. The van der Waals surface area contributed by atoms with Crippen molar-refractivity contribution >= 4 is 277 Å². The van der Waals surface area contributed by atoms with Gasteiger partial charge in [-0.1, -0.05) is 80.4 Å². The zero-order valence-corrected chi connectivity index (χ0v) is 48.9. The second-order valence-electron chi connectivity index (χ2n) is 9.82. The van der Waals surface area contributed by atoms with Crippen LogP contribution in [0.3, 0.4) is 0 Å². The van der Waals surface area contributed by atoms with Crippen molar-refractivity contribution in [1.29, 1.82) is 0 Å². The lowest BCUT2D eigenvalue weighted by atomic mass is 10.1. The summed E-state index contributed by atoms with van der Waals surface area (Å²) < 4.78 is 3.35. The minimum absolute atomic E-state index is 0.144. The van der Waals surface area contributed by atoms with Gasteiger partial charge in [-0.05, 0) is 76.2 Å². The van der Waals surface area contributed by atoms with Crippen LogP contribution in [0, 0.1) is 0 Å². The van der Waals surface area contributed by atoms with Crippen LogP contribution in [-0.2, 0) is 231 Å². The summed E-state index contributed by atoms with van der Waals surface area (Å²) in [6.07, 6.45) is 5.55. The van der Waals surface area contributed by atoms with E-state index in [0.717, 1.165) is 3.93 Å². The number of hydrogen-bond acceptors (Lipinski definition) is 6. The van der Waals surface area contributed by atoms with Gasteiger partial charge in [-0.25, -0.2) is 3.93 Å². The van der Waals surface area contributed by atoms with Gasteiger partial charge in [0, 0.05) is 223 Å². The van der Waals surface area contributed by atoms with Gasteiger partial charge in [0.15, 0.2) is 0 Å². The number of rotatable bonds is 0. The van der Waals surface area contributed by atoms with E-state index in [9.17, 15) is 9.59 Å². The number of aryl methyl sites for hydroxylation is 4. The summed E-state index contributed by atoms with van der Waals surface area (Å²) in [6.45, 7) is 0. The Morgan fingerprint density at radius 3 is 1.05 bits per heavy atom. The average molecular weight is 1320 g/mol. The third-order valence-corrected chi connectivity index (χ3v) is 42.5. The van der Waals surface area contributed by atoms with Crippen molar-refractivity contribution in [2.24, 2.45) is 0 Å². The highest BCUT2D eigenvalue weighted by Gasteiger charge is 2.26. The molecule has 0 aromatic heterocycles. The van der Waals surface area contributed by atoms with Crippen LogP contribution in [0.4, 0.5) is 0 Å². The molecule has 2 amide bonds. The van der Waals surface area contributed by atoms with E-state index >= 15 is 0 Å². The van der Waals surface area contributed by atoms with Crippen molar-refractivity contribution in [2.45, 2.75) is 38.5 Å². The van der Waals surface area contributed by atoms with Gasteiger partial charge in [0.2, 0.25) is 11.8 Å². The number of amides is 2. The van der Waals surface area contributed by atoms with E-state index in [-0.39, 0.29) is 11.8 Å². The molecule has 0 N–H and O–H groups in total. The molecule has 0 bridgehead atoms. The Balaban J connectivity index is 0.000000187. The molecule has 4 aromatic carbocycles. The Bertz CT molecular complexity index is 2690. The van der Waals surface area contributed by atoms with Crippen LogP contribution in [0.5, 0.6) is 0 Å². The largest absolute Gasteiger partial charge is 0.274 e. The van der Waals surface area contributed by atoms with Gasteiger partial charge in [-0.3, -0.25) is 9.59 Å². The van der Waals surface area contributed by atoms with Crippen molar-refractivity contribution in [3.63, 3.8) is 0 Å². The lowest BCUT2D eigenvalue weighted by Gasteiger charge is -2.06. The molecule has 2 aliphatic carbocycles. The highest BCUT2D eigenvalue weighted by molar-refractivity contribution is 9.11. The molecule has 298 valence electrons. The van der Waals surface area contributed by atoms with Gasteiger partial charge < -0.3 is 0 Å². The Hall–Kier alpha value is 2.60. The van der Waals surface area contributed by atoms with Crippen LogP contribution in [0.15, 0.2) is 69.6 Å². The summed E-state index contributed by atoms with van der Waals surface area (Å²) in [5.74, 6) is -0.287. The molecular formula is C28H22Br3NO2S21. The SMILES string of the molecule is Brc1ccc2c3c(ccc(Br)c13)CC2.O=C1CCC(=O)N1Br.S=S=S=S=S=S=S=S=S=S.S=S=S=S=S=S=S=S=S=S=S.c1cc2c3c(cccc3c1)CC2. The molecule has 1 fully saturated rings. The molecule has 0 atom stereocenters. The smallest absolute Gasteiger partial charge is 0.239 e. The van der Waals surface area contributed by atoms with Gasteiger partial charge in [-0.15, -0.1) is 0 Å². The number of halogens is 3. The first-order valence-electron chi connectivity index (χ1n) is 14.5. The maximum Gasteiger partial charge on any atom is 0.239 e. The van der Waals surface area contributed by atoms with Crippen LogP contribution >= 0.6 is 48.0 Å². The molecule has 0 unspecified atom stereocenters. The van der Waals surface area contributed by atoms with E-state index in [1.807, 2.05) is 0 Å². The number of nitrogens with zero attached hydrogens (tertiary/aromatic N) is 1. The molecule has 7 rings (SSSR count). The van der Waals surface area contributed by atoms with Gasteiger partial charge in [0.1, 0.15) is 0 Å². The number of benzene rings is 4. The monoisotopic (exact) mass is 1310 g/mol. The van der Waals surface area contributed by atoms with Crippen LogP contribution < -0.4 is 0 Å². The Labute approximate surface area is 413 Å². The highest BCUT2D eigenvalue weighted by Crippen LogP contribution is 2.39. The standard InChI is InChI=1S/C12H8Br2.C12H10.C4H4BrNO2.S11.S10/c13-9-5-3-7-1-2-8-4-6-10(14)12(9)11(7)8;1-3-9-4-2-6-11-8-7-10(5-1)12(9)11;5-6-3(7)1-2-4(6)8;1-3-5-7-9-11-10-8-6-4-2;1-3-5-7-9-10-8-6-4-2/h3-6H,1-2H2;1-6H,7-8H2;1-2H2;;. The fraction of sp³-hybridized carbons (Fsp3) is 0.214. The molecule has 3 aliphatic rings. The minimum Gasteiger partial charge on any atom is -0.274 e. The summed E-state index contributed by atoms with van der Waals surface area (Å²) in [7, 11) is 27.2. The minimum atomic E-state index is -0.144. The molecule has 27 heteroatoms. The zero-order chi connectivity index (χ0) is 39.8. The molecule has 0 saturated carbocycles. The first-order chi connectivity index (χ1) is 26.8. The van der Waals surface area contributed by atoms with E-state index in [2.05, 4.69) is 153 Å². The molecule has 4 aromatic rings. The Kier molecular flexibility index (Phi) is 29.7. The van der Waals surface area contributed by atoms with Crippen molar-refractivity contribution in [2.75, 3.05) is 0 Å². The van der Waals surface area contributed by atoms with E-state index in [0.29, 0.717) is 12.8 Å². The van der Waals surface area contributed by atoms with Crippen molar-refractivity contribution in [3.05, 3.63) is 91.9 Å². The van der Waals surface area contributed by atoms with Gasteiger partial charge in [0.25, 0.3) is 0 Å². The number of carbonyl (C=O) groups excluding carboxylic acids is 2. The molecule has 0 spiro atoms. The maximum absolute atomic E-state index is 10.4. The average Bonchev–Trinajstić information content (AvgIpc) is 3.91. The molecular weight excluding hydrogens is 1300 g/mol. The zero-order valence-electron chi connectivity index (χ0n) is 27.0. The normalized spacial score (nSPS) is 12.2. The summed E-state index contributed by atoms with van der Waals surface area (Å²) in [4.78, 5) is 20.9. The summed E-state index contributed by atoms with van der Waals surface area (Å²) in [5.41, 5.74) is 6.03. The quantitative estimate of drug-likeness (QED) is 0.132. The predicted molar refractivity (Wildman–Crippen MR) is 303 cm³/mol. The van der Waals surface area contributed by atoms with Crippen LogP contribution in [0.2, 0.25) is 0 Å². The molecule has 55 heavy (non-hydrogen) atoms. The number of hydrogen-bond donors (Lipinski definition) is 0. The van der Waals surface area contributed by atoms with Crippen molar-refractivity contribution < 1.29 is 9.59 Å². The predicted octanol–water partition coefficient (Wildman–Crippen LogP) is 7.80.